The first kappa shape index (κ1) is 15.2. The van der Waals surface area contributed by atoms with Crippen molar-refractivity contribution < 1.29 is 4.79 Å². The van der Waals surface area contributed by atoms with Gasteiger partial charge in [0.25, 0.3) is 0 Å². The van der Waals surface area contributed by atoms with Crippen LogP contribution in [-0.2, 0) is 4.79 Å². The zero-order valence-corrected chi connectivity index (χ0v) is 13.2. The number of rotatable bonds is 6. The number of nitrogens with one attached hydrogen (secondary N) is 1. The Bertz CT molecular complexity index is 573. The molecule has 0 unspecified atom stereocenters. The molecule has 0 bridgehead atoms. The Morgan fingerprint density at radius 1 is 1.40 bits per heavy atom. The molecule has 0 atom stereocenters. The molecule has 1 amide bonds. The van der Waals surface area contributed by atoms with E-state index >= 15 is 0 Å². The van der Waals surface area contributed by atoms with Gasteiger partial charge in [0, 0.05) is 11.4 Å². The van der Waals surface area contributed by atoms with Crippen molar-refractivity contribution in [3.8, 4) is 0 Å². The number of carbonyl (C=O) groups is 1. The zero-order chi connectivity index (χ0) is 14.4. The molecular weight excluding hydrogens is 312 g/mol. The van der Waals surface area contributed by atoms with E-state index in [1.54, 1.807) is 41.3 Å². The van der Waals surface area contributed by atoms with Crippen molar-refractivity contribution in [3.63, 3.8) is 0 Å². The lowest BCUT2D eigenvalue weighted by molar-refractivity contribution is -0.116. The maximum Gasteiger partial charge on any atom is 0.224 e. The smallest absolute Gasteiger partial charge is 0.224 e. The van der Waals surface area contributed by atoms with Gasteiger partial charge < -0.3 is 11.1 Å². The molecule has 0 saturated carbocycles. The van der Waals surface area contributed by atoms with Gasteiger partial charge in [0.15, 0.2) is 0 Å². The first-order chi connectivity index (χ1) is 9.65. The molecule has 1 aromatic heterocycles. The van der Waals surface area contributed by atoms with E-state index < -0.39 is 0 Å². The van der Waals surface area contributed by atoms with Crippen LogP contribution in [0.15, 0.2) is 39.9 Å². The molecule has 20 heavy (non-hydrogen) atoms. The Hall–Kier alpha value is -1.17. The van der Waals surface area contributed by atoms with Crippen LogP contribution in [0.3, 0.4) is 0 Å². The molecule has 6 heteroatoms. The second kappa shape index (κ2) is 7.57. The molecule has 1 aromatic carbocycles. The highest BCUT2D eigenvalue weighted by Gasteiger charge is 2.06. The van der Waals surface area contributed by atoms with E-state index in [0.717, 1.165) is 12.2 Å². The molecule has 106 valence electrons. The van der Waals surface area contributed by atoms with Crippen LogP contribution in [0.25, 0.3) is 0 Å². The number of thiophene rings is 1. The van der Waals surface area contributed by atoms with Crippen molar-refractivity contribution in [2.75, 3.05) is 16.8 Å². The van der Waals surface area contributed by atoms with Gasteiger partial charge in [0.1, 0.15) is 0 Å². The van der Waals surface area contributed by atoms with E-state index in [1.807, 2.05) is 6.07 Å². The largest absolute Gasteiger partial charge is 0.397 e. The van der Waals surface area contributed by atoms with Crippen molar-refractivity contribution in [2.45, 2.75) is 17.1 Å². The maximum absolute atomic E-state index is 11.8. The number of anilines is 2. The van der Waals surface area contributed by atoms with Crippen LogP contribution < -0.4 is 11.1 Å². The van der Waals surface area contributed by atoms with E-state index in [0.29, 0.717) is 22.8 Å². The summed E-state index contributed by atoms with van der Waals surface area (Å²) in [5.41, 5.74) is 6.89. The number of nitrogen functional groups attached to an aromatic ring is 1. The Labute approximate surface area is 131 Å². The molecule has 2 rings (SSSR count). The van der Waals surface area contributed by atoms with E-state index in [1.165, 1.54) is 4.21 Å². The number of hydrogen-bond donors (Lipinski definition) is 2. The van der Waals surface area contributed by atoms with Gasteiger partial charge in [-0.25, -0.2) is 0 Å². The number of amides is 1. The van der Waals surface area contributed by atoms with Gasteiger partial charge >= 0.3 is 0 Å². The van der Waals surface area contributed by atoms with Gasteiger partial charge in [-0.1, -0.05) is 17.7 Å². The maximum atomic E-state index is 11.8. The van der Waals surface area contributed by atoms with Crippen molar-refractivity contribution in [3.05, 3.63) is 40.7 Å². The summed E-state index contributed by atoms with van der Waals surface area (Å²) >= 11 is 9.31. The molecule has 2 aromatic rings. The second-order valence-electron chi connectivity index (χ2n) is 4.16. The quantitative estimate of drug-likeness (QED) is 0.467. The van der Waals surface area contributed by atoms with Crippen LogP contribution in [0, 0.1) is 0 Å². The number of benzene rings is 1. The summed E-state index contributed by atoms with van der Waals surface area (Å²) in [6, 6.07) is 9.17. The van der Waals surface area contributed by atoms with Crippen molar-refractivity contribution in [1.29, 1.82) is 0 Å². The van der Waals surface area contributed by atoms with E-state index in [2.05, 4.69) is 16.8 Å². The predicted molar refractivity (Wildman–Crippen MR) is 88.8 cm³/mol. The fraction of sp³-hybridized carbons (Fsp3) is 0.214. The van der Waals surface area contributed by atoms with Crippen molar-refractivity contribution in [1.82, 2.24) is 0 Å². The minimum atomic E-state index is -0.0224. The van der Waals surface area contributed by atoms with Crippen LogP contribution in [-0.4, -0.2) is 11.7 Å². The Balaban J connectivity index is 1.72. The molecule has 0 saturated heterocycles. The third-order valence-electron chi connectivity index (χ3n) is 2.58. The SMILES string of the molecule is Nc1cc(Cl)ccc1NC(=O)CCCSc1cccs1. The average molecular weight is 327 g/mol. The second-order valence-corrected chi connectivity index (χ2v) is 6.94. The topological polar surface area (TPSA) is 55.1 Å². The van der Waals surface area contributed by atoms with Crippen molar-refractivity contribution in [2.24, 2.45) is 0 Å². The predicted octanol–water partition coefficient (Wildman–Crippen LogP) is 4.49. The Morgan fingerprint density at radius 2 is 2.25 bits per heavy atom. The van der Waals surface area contributed by atoms with Crippen LogP contribution in [0.5, 0.6) is 0 Å². The summed E-state index contributed by atoms with van der Waals surface area (Å²) in [5.74, 6) is 0.912. The van der Waals surface area contributed by atoms with E-state index in [4.69, 9.17) is 17.3 Å². The monoisotopic (exact) mass is 326 g/mol. The van der Waals surface area contributed by atoms with Crippen LogP contribution >= 0.6 is 34.7 Å². The minimum absolute atomic E-state index is 0.0224. The molecule has 0 aliphatic carbocycles. The fourth-order valence-electron chi connectivity index (χ4n) is 1.61. The highest BCUT2D eigenvalue weighted by molar-refractivity contribution is 8.01. The molecular formula is C14H15ClN2OS2. The first-order valence-corrected chi connectivity index (χ1v) is 8.40. The summed E-state index contributed by atoms with van der Waals surface area (Å²) in [4.78, 5) is 11.8. The van der Waals surface area contributed by atoms with Gasteiger partial charge in [0.05, 0.1) is 15.6 Å². The van der Waals surface area contributed by atoms with E-state index in [-0.39, 0.29) is 5.91 Å². The highest BCUT2D eigenvalue weighted by atomic mass is 35.5. The third kappa shape index (κ3) is 4.74. The Morgan fingerprint density at radius 3 is 2.95 bits per heavy atom. The first-order valence-electron chi connectivity index (χ1n) is 6.16. The van der Waals surface area contributed by atoms with Crippen LogP contribution in [0.2, 0.25) is 5.02 Å². The minimum Gasteiger partial charge on any atom is -0.397 e. The normalized spacial score (nSPS) is 10.4. The fourth-order valence-corrected chi connectivity index (χ4v) is 3.59. The lowest BCUT2D eigenvalue weighted by Crippen LogP contribution is -2.12. The summed E-state index contributed by atoms with van der Waals surface area (Å²) in [7, 11) is 0. The highest BCUT2D eigenvalue weighted by Crippen LogP contribution is 2.25. The number of halogens is 1. The van der Waals surface area contributed by atoms with Gasteiger partial charge in [0.2, 0.25) is 5.91 Å². The molecule has 3 nitrogen and oxygen atoms in total. The van der Waals surface area contributed by atoms with Gasteiger partial charge in [-0.2, -0.15) is 0 Å². The molecule has 0 spiro atoms. The molecule has 1 heterocycles. The Kier molecular flexibility index (Phi) is 5.76. The summed E-state index contributed by atoms with van der Waals surface area (Å²) in [6.07, 6.45) is 1.32. The lowest BCUT2D eigenvalue weighted by Gasteiger charge is -2.08. The average Bonchev–Trinajstić information content (AvgIpc) is 2.91. The molecule has 3 N–H and O–H groups in total. The summed E-state index contributed by atoms with van der Waals surface area (Å²) in [6.45, 7) is 0. The van der Waals surface area contributed by atoms with Crippen molar-refractivity contribution >= 4 is 52.0 Å². The lowest BCUT2D eigenvalue weighted by atomic mass is 10.2. The van der Waals surface area contributed by atoms with Gasteiger partial charge in [-0.3, -0.25) is 4.79 Å². The summed E-state index contributed by atoms with van der Waals surface area (Å²) in [5, 5.41) is 5.42. The summed E-state index contributed by atoms with van der Waals surface area (Å²) < 4.78 is 1.28. The number of nitrogens with two attached hydrogens (primary N) is 1. The standard InChI is InChI=1S/C14H15ClN2OS2/c15-10-5-6-12(11(16)9-10)17-13(18)3-1-7-19-14-4-2-8-20-14/h2,4-6,8-9H,1,3,7,16H2,(H,17,18). The number of carbonyl (C=O) groups excluding carboxylic acids is 1. The molecule has 0 aliphatic heterocycles. The van der Waals surface area contributed by atoms with E-state index in [9.17, 15) is 4.79 Å². The number of thioether (sulfide) groups is 1. The molecule has 0 radical (unpaired) electrons. The number of hydrogen-bond acceptors (Lipinski definition) is 4. The molecule has 0 aliphatic rings. The van der Waals surface area contributed by atoms with Gasteiger partial charge in [-0.05, 0) is 41.8 Å². The third-order valence-corrected chi connectivity index (χ3v) is 5.03. The van der Waals surface area contributed by atoms with Crippen LogP contribution in [0.1, 0.15) is 12.8 Å². The zero-order valence-electron chi connectivity index (χ0n) is 10.8. The van der Waals surface area contributed by atoms with Gasteiger partial charge in [-0.15, -0.1) is 23.1 Å². The molecule has 0 fully saturated rings. The van der Waals surface area contributed by atoms with Crippen LogP contribution in [0.4, 0.5) is 11.4 Å².